The molecular formula is C12H13BrN2OS. The number of halogens is 1. The van der Waals surface area contributed by atoms with Crippen molar-refractivity contribution in [1.29, 1.82) is 0 Å². The average Bonchev–Trinajstić information content (AvgIpc) is 2.72. The number of methoxy groups -OCH3 is 1. The quantitative estimate of drug-likeness (QED) is 0.875. The second-order valence-corrected chi connectivity index (χ2v) is 4.97. The monoisotopic (exact) mass is 312 g/mol. The van der Waals surface area contributed by atoms with Gasteiger partial charge in [0.1, 0.15) is 5.75 Å². The second kappa shape index (κ2) is 5.51. The molecule has 0 saturated carbocycles. The van der Waals surface area contributed by atoms with Crippen LogP contribution >= 0.6 is 28.1 Å². The van der Waals surface area contributed by atoms with Gasteiger partial charge in [-0.2, -0.15) is 0 Å². The number of ether oxygens (including phenoxy) is 1. The molecule has 3 nitrogen and oxygen atoms in total. The van der Waals surface area contributed by atoms with E-state index in [1.54, 1.807) is 7.11 Å². The van der Waals surface area contributed by atoms with Gasteiger partial charge < -0.3 is 14.3 Å². The fourth-order valence-corrected chi connectivity index (χ4v) is 2.34. The van der Waals surface area contributed by atoms with Crippen LogP contribution in [0.3, 0.4) is 0 Å². The molecule has 0 unspecified atom stereocenters. The molecule has 0 atom stereocenters. The number of hydrogen-bond donors (Lipinski definition) is 1. The number of aromatic amines is 1. The molecule has 0 bridgehead atoms. The highest BCUT2D eigenvalue weighted by molar-refractivity contribution is 9.10. The van der Waals surface area contributed by atoms with Crippen molar-refractivity contribution >= 4 is 28.1 Å². The lowest BCUT2D eigenvalue weighted by Crippen LogP contribution is -2.01. The molecule has 0 saturated heterocycles. The Morgan fingerprint density at radius 3 is 2.94 bits per heavy atom. The van der Waals surface area contributed by atoms with E-state index in [-0.39, 0.29) is 0 Å². The summed E-state index contributed by atoms with van der Waals surface area (Å²) < 4.78 is 9.16. The van der Waals surface area contributed by atoms with Gasteiger partial charge in [0.05, 0.1) is 7.11 Å². The molecule has 0 aliphatic carbocycles. The highest BCUT2D eigenvalue weighted by atomic mass is 79.9. The molecule has 0 radical (unpaired) electrons. The van der Waals surface area contributed by atoms with Crippen LogP contribution in [0.4, 0.5) is 0 Å². The normalized spacial score (nSPS) is 10.5. The van der Waals surface area contributed by atoms with Crippen molar-refractivity contribution in [1.82, 2.24) is 9.55 Å². The topological polar surface area (TPSA) is 29.9 Å². The van der Waals surface area contributed by atoms with Gasteiger partial charge in [-0.05, 0) is 42.4 Å². The average molecular weight is 313 g/mol. The summed E-state index contributed by atoms with van der Waals surface area (Å²) in [5, 5.41) is 0. The summed E-state index contributed by atoms with van der Waals surface area (Å²) in [6.45, 7) is 0.842. The van der Waals surface area contributed by atoms with E-state index in [9.17, 15) is 0 Å². The highest BCUT2D eigenvalue weighted by Crippen LogP contribution is 2.23. The molecule has 0 aliphatic heterocycles. The molecule has 2 rings (SSSR count). The number of rotatable bonds is 4. The third-order valence-corrected chi connectivity index (χ3v) is 3.43. The van der Waals surface area contributed by atoms with Crippen molar-refractivity contribution < 1.29 is 4.74 Å². The van der Waals surface area contributed by atoms with Gasteiger partial charge in [-0.3, -0.25) is 0 Å². The van der Waals surface area contributed by atoms with Crippen LogP contribution in [0.1, 0.15) is 5.56 Å². The number of nitrogens with zero attached hydrogens (tertiary/aromatic N) is 1. The fraction of sp³-hybridized carbons (Fsp3) is 0.250. The SMILES string of the molecule is COc1ccc(Br)cc1CCn1cc[nH]c1=S. The first-order valence-electron chi connectivity index (χ1n) is 5.27. The van der Waals surface area contributed by atoms with E-state index in [1.807, 2.05) is 29.1 Å². The Balaban J connectivity index is 2.16. The van der Waals surface area contributed by atoms with E-state index >= 15 is 0 Å². The second-order valence-electron chi connectivity index (χ2n) is 3.66. The zero-order chi connectivity index (χ0) is 12.3. The lowest BCUT2D eigenvalue weighted by atomic mass is 10.1. The Kier molecular flexibility index (Phi) is 4.02. The van der Waals surface area contributed by atoms with Crippen LogP contribution in [0, 0.1) is 4.77 Å². The maximum atomic E-state index is 5.34. The summed E-state index contributed by atoms with van der Waals surface area (Å²) in [6, 6.07) is 6.02. The first-order chi connectivity index (χ1) is 8.20. The number of aryl methyl sites for hydroxylation is 2. The minimum absolute atomic E-state index is 0.749. The predicted molar refractivity (Wildman–Crippen MR) is 74.0 cm³/mol. The first kappa shape index (κ1) is 12.4. The number of aromatic nitrogens is 2. The van der Waals surface area contributed by atoms with Crippen molar-refractivity contribution in [3.63, 3.8) is 0 Å². The minimum atomic E-state index is 0.749. The third-order valence-electron chi connectivity index (χ3n) is 2.59. The van der Waals surface area contributed by atoms with E-state index < -0.39 is 0 Å². The molecule has 2 aromatic rings. The standard InChI is InChI=1S/C12H13BrN2OS/c1-16-11-3-2-10(13)8-9(11)4-6-15-7-5-14-12(15)17/h2-3,5,7-8H,4,6H2,1H3,(H,14,17). The van der Waals surface area contributed by atoms with Crippen LogP contribution in [0.15, 0.2) is 35.1 Å². The van der Waals surface area contributed by atoms with Gasteiger partial charge in [0.15, 0.2) is 4.77 Å². The van der Waals surface area contributed by atoms with Gasteiger partial charge in [0.2, 0.25) is 0 Å². The van der Waals surface area contributed by atoms with Crippen LogP contribution in [-0.2, 0) is 13.0 Å². The molecule has 5 heteroatoms. The minimum Gasteiger partial charge on any atom is -0.496 e. The highest BCUT2D eigenvalue weighted by Gasteiger charge is 2.04. The predicted octanol–water partition coefficient (Wildman–Crippen LogP) is 3.56. The summed E-state index contributed by atoms with van der Waals surface area (Å²) in [5.41, 5.74) is 1.17. The molecule has 17 heavy (non-hydrogen) atoms. The summed E-state index contributed by atoms with van der Waals surface area (Å²) in [6.07, 6.45) is 4.68. The van der Waals surface area contributed by atoms with Crippen molar-refractivity contribution in [3.05, 3.63) is 45.4 Å². The first-order valence-corrected chi connectivity index (χ1v) is 6.47. The van der Waals surface area contributed by atoms with Crippen molar-refractivity contribution in [2.24, 2.45) is 0 Å². The van der Waals surface area contributed by atoms with E-state index in [4.69, 9.17) is 17.0 Å². The molecule has 1 heterocycles. The van der Waals surface area contributed by atoms with Gasteiger partial charge in [-0.25, -0.2) is 0 Å². The molecule has 1 N–H and O–H groups in total. The Labute approximate surface area is 114 Å². The van der Waals surface area contributed by atoms with Crippen LogP contribution in [0.25, 0.3) is 0 Å². The molecule has 90 valence electrons. The van der Waals surface area contributed by atoms with Gasteiger partial charge in [-0.15, -0.1) is 0 Å². The number of hydrogen-bond acceptors (Lipinski definition) is 2. The Bertz CT molecular complexity index is 562. The van der Waals surface area contributed by atoms with Crippen LogP contribution in [0.5, 0.6) is 5.75 Å². The lowest BCUT2D eigenvalue weighted by molar-refractivity contribution is 0.408. The van der Waals surface area contributed by atoms with Crippen molar-refractivity contribution in [2.75, 3.05) is 7.11 Å². The molecule has 0 aliphatic rings. The van der Waals surface area contributed by atoms with E-state index in [2.05, 4.69) is 27.0 Å². The number of nitrogens with one attached hydrogen (secondary N) is 1. The molecule has 1 aromatic heterocycles. The molecule has 0 spiro atoms. The van der Waals surface area contributed by atoms with Gasteiger partial charge >= 0.3 is 0 Å². The molecule has 0 fully saturated rings. The Morgan fingerprint density at radius 2 is 2.29 bits per heavy atom. The lowest BCUT2D eigenvalue weighted by Gasteiger charge is -2.09. The summed E-state index contributed by atoms with van der Waals surface area (Å²) in [4.78, 5) is 2.98. The zero-order valence-electron chi connectivity index (χ0n) is 9.44. The van der Waals surface area contributed by atoms with Crippen LogP contribution in [0.2, 0.25) is 0 Å². The summed E-state index contributed by atoms with van der Waals surface area (Å²) in [5.74, 6) is 0.912. The molecule has 1 aromatic carbocycles. The van der Waals surface area contributed by atoms with Crippen molar-refractivity contribution in [3.8, 4) is 5.75 Å². The fourth-order valence-electron chi connectivity index (χ4n) is 1.71. The number of benzene rings is 1. The van der Waals surface area contributed by atoms with Crippen molar-refractivity contribution in [2.45, 2.75) is 13.0 Å². The zero-order valence-corrected chi connectivity index (χ0v) is 11.8. The van der Waals surface area contributed by atoms with E-state index in [1.165, 1.54) is 5.56 Å². The maximum Gasteiger partial charge on any atom is 0.177 e. The smallest absolute Gasteiger partial charge is 0.177 e. The van der Waals surface area contributed by atoms with Crippen LogP contribution < -0.4 is 4.74 Å². The Hall–Kier alpha value is -1.07. The largest absolute Gasteiger partial charge is 0.496 e. The Morgan fingerprint density at radius 1 is 1.47 bits per heavy atom. The maximum absolute atomic E-state index is 5.34. The molecular weight excluding hydrogens is 300 g/mol. The summed E-state index contributed by atoms with van der Waals surface area (Å²) >= 11 is 8.62. The van der Waals surface area contributed by atoms with Crippen LogP contribution in [-0.4, -0.2) is 16.7 Å². The molecule has 0 amide bonds. The number of imidazole rings is 1. The number of H-pyrrole nitrogens is 1. The van der Waals surface area contributed by atoms with Gasteiger partial charge in [0, 0.05) is 23.4 Å². The van der Waals surface area contributed by atoms with Gasteiger partial charge in [-0.1, -0.05) is 15.9 Å². The van der Waals surface area contributed by atoms with E-state index in [0.717, 1.165) is 28.0 Å². The third kappa shape index (κ3) is 2.98. The van der Waals surface area contributed by atoms with E-state index in [0.29, 0.717) is 0 Å². The van der Waals surface area contributed by atoms with Gasteiger partial charge in [0.25, 0.3) is 0 Å². The summed E-state index contributed by atoms with van der Waals surface area (Å²) in [7, 11) is 1.69.